The zero-order valence-corrected chi connectivity index (χ0v) is 9.28. The normalized spacial score (nSPS) is 17.2. The van der Waals surface area contributed by atoms with E-state index in [1.54, 1.807) is 12.1 Å². The lowest BCUT2D eigenvalue weighted by Crippen LogP contribution is -2.37. The number of hydrogen-bond donors (Lipinski definition) is 0. The molecule has 1 aliphatic heterocycles. The molecule has 1 heterocycles. The average molecular weight is 250 g/mol. The lowest BCUT2D eigenvalue weighted by atomic mass is 10.00. The number of halogens is 4. The van der Waals surface area contributed by atoms with Crippen LogP contribution < -0.4 is 0 Å². The molecule has 88 valence electrons. The van der Waals surface area contributed by atoms with Crippen molar-refractivity contribution in [2.45, 2.75) is 19.1 Å². The van der Waals surface area contributed by atoms with E-state index in [1.165, 1.54) is 4.90 Å². The van der Waals surface area contributed by atoms with Gasteiger partial charge in [0.15, 0.2) is 0 Å². The summed E-state index contributed by atoms with van der Waals surface area (Å²) in [5.41, 5.74) is 2.01. The van der Waals surface area contributed by atoms with Crippen molar-refractivity contribution >= 4 is 11.6 Å². The number of benzene rings is 1. The van der Waals surface area contributed by atoms with Crippen molar-refractivity contribution in [3.05, 3.63) is 34.3 Å². The van der Waals surface area contributed by atoms with Gasteiger partial charge in [-0.15, -0.1) is 0 Å². The van der Waals surface area contributed by atoms with E-state index < -0.39 is 12.7 Å². The smallest absolute Gasteiger partial charge is 0.290 e. The van der Waals surface area contributed by atoms with Gasteiger partial charge in [0.1, 0.15) is 0 Å². The van der Waals surface area contributed by atoms with E-state index in [-0.39, 0.29) is 0 Å². The molecule has 5 heteroatoms. The summed E-state index contributed by atoms with van der Waals surface area (Å²) in [4.78, 5) is 1.40. The number of nitrogens with zero attached hydrogens (tertiary/aromatic N) is 1. The van der Waals surface area contributed by atoms with Crippen LogP contribution in [0.4, 0.5) is 13.2 Å². The molecule has 2 rings (SSSR count). The molecule has 0 aromatic heterocycles. The molecule has 0 radical (unpaired) electrons. The highest BCUT2D eigenvalue weighted by Crippen LogP contribution is 2.25. The predicted octanol–water partition coefficient (Wildman–Crippen LogP) is 3.26. The zero-order chi connectivity index (χ0) is 11.8. The number of fused-ring (bicyclic) bond motifs is 1. The lowest BCUT2D eigenvalue weighted by molar-refractivity contribution is -0.147. The zero-order valence-electron chi connectivity index (χ0n) is 8.52. The summed E-state index contributed by atoms with van der Waals surface area (Å²) in [5.74, 6) is 0. The highest BCUT2D eigenvalue weighted by Gasteiger charge is 2.31. The molecule has 0 saturated carbocycles. The molecule has 0 N–H and O–H groups in total. The molecule has 0 fully saturated rings. The van der Waals surface area contributed by atoms with Crippen molar-refractivity contribution < 1.29 is 13.2 Å². The summed E-state index contributed by atoms with van der Waals surface area (Å²) in [7, 11) is 0. The fourth-order valence-corrected chi connectivity index (χ4v) is 2.17. The second kappa shape index (κ2) is 4.26. The Morgan fingerprint density at radius 2 is 2.00 bits per heavy atom. The molecule has 16 heavy (non-hydrogen) atoms. The maximum absolute atomic E-state index is 12.2. The first-order chi connectivity index (χ1) is 7.44. The van der Waals surface area contributed by atoms with Crippen molar-refractivity contribution in [2.75, 3.05) is 13.1 Å². The molecule has 1 nitrogen and oxygen atoms in total. The summed E-state index contributed by atoms with van der Waals surface area (Å²) < 4.78 is 36.7. The minimum Gasteiger partial charge on any atom is -0.290 e. The Hall–Kier alpha value is -0.740. The monoisotopic (exact) mass is 249 g/mol. The van der Waals surface area contributed by atoms with Crippen LogP contribution in [0.2, 0.25) is 5.02 Å². The van der Waals surface area contributed by atoms with Crippen LogP contribution in [0.5, 0.6) is 0 Å². The minimum absolute atomic E-state index is 0.329. The van der Waals surface area contributed by atoms with Crippen LogP contribution in [0.3, 0.4) is 0 Å². The van der Waals surface area contributed by atoms with Crippen LogP contribution in [0.15, 0.2) is 18.2 Å². The molecule has 1 aliphatic rings. The van der Waals surface area contributed by atoms with Crippen molar-refractivity contribution in [1.29, 1.82) is 0 Å². The Morgan fingerprint density at radius 3 is 2.69 bits per heavy atom. The molecular formula is C11H11ClF3N. The van der Waals surface area contributed by atoms with Gasteiger partial charge in [-0.1, -0.05) is 17.7 Å². The van der Waals surface area contributed by atoms with Gasteiger partial charge >= 0.3 is 6.18 Å². The van der Waals surface area contributed by atoms with Gasteiger partial charge in [-0.05, 0) is 29.7 Å². The number of rotatable bonds is 1. The third-order valence-electron chi connectivity index (χ3n) is 2.66. The van der Waals surface area contributed by atoms with Gasteiger partial charge in [-0.3, -0.25) is 4.90 Å². The van der Waals surface area contributed by atoms with E-state index in [4.69, 9.17) is 11.6 Å². The molecule has 0 atom stereocenters. The molecule has 1 aromatic carbocycles. The largest absolute Gasteiger partial charge is 0.401 e. The topological polar surface area (TPSA) is 3.24 Å². The molecule has 0 saturated heterocycles. The number of hydrogen-bond acceptors (Lipinski definition) is 1. The predicted molar refractivity (Wildman–Crippen MR) is 56.5 cm³/mol. The molecule has 0 aliphatic carbocycles. The van der Waals surface area contributed by atoms with E-state index in [2.05, 4.69) is 0 Å². The first-order valence-electron chi connectivity index (χ1n) is 5.00. The maximum atomic E-state index is 12.2. The third-order valence-corrected chi connectivity index (χ3v) is 2.90. The molecule has 0 spiro atoms. The first-order valence-corrected chi connectivity index (χ1v) is 5.38. The van der Waals surface area contributed by atoms with Gasteiger partial charge in [-0.2, -0.15) is 13.2 Å². The van der Waals surface area contributed by atoms with E-state index in [9.17, 15) is 13.2 Å². The van der Waals surface area contributed by atoms with Gasteiger partial charge in [0.25, 0.3) is 0 Å². The van der Waals surface area contributed by atoms with E-state index in [1.807, 2.05) is 6.07 Å². The summed E-state index contributed by atoms with van der Waals surface area (Å²) in [6, 6.07) is 5.42. The van der Waals surface area contributed by atoms with Crippen LogP contribution in [0, 0.1) is 0 Å². The van der Waals surface area contributed by atoms with Gasteiger partial charge in [0, 0.05) is 18.1 Å². The van der Waals surface area contributed by atoms with Crippen molar-refractivity contribution in [3.63, 3.8) is 0 Å². The standard InChI is InChI=1S/C11H11ClF3N/c12-10-2-1-8-3-4-16(6-9(8)5-10)7-11(13,14)15/h1-2,5H,3-4,6-7H2. The van der Waals surface area contributed by atoms with Crippen LogP contribution in [-0.4, -0.2) is 24.2 Å². The van der Waals surface area contributed by atoms with Crippen molar-refractivity contribution in [3.8, 4) is 0 Å². The van der Waals surface area contributed by atoms with E-state index in [0.29, 0.717) is 24.5 Å². The van der Waals surface area contributed by atoms with E-state index >= 15 is 0 Å². The lowest BCUT2D eigenvalue weighted by Gasteiger charge is -2.29. The van der Waals surface area contributed by atoms with Gasteiger partial charge in [0.2, 0.25) is 0 Å². The fourth-order valence-electron chi connectivity index (χ4n) is 1.97. The summed E-state index contributed by atoms with van der Waals surface area (Å²) in [5, 5.41) is 0.576. The molecular weight excluding hydrogens is 239 g/mol. The van der Waals surface area contributed by atoms with Gasteiger partial charge in [0.05, 0.1) is 6.54 Å². The van der Waals surface area contributed by atoms with Gasteiger partial charge < -0.3 is 0 Å². The SMILES string of the molecule is FC(F)(F)CN1CCc2ccc(Cl)cc2C1. The highest BCUT2D eigenvalue weighted by atomic mass is 35.5. The second-order valence-electron chi connectivity index (χ2n) is 3.99. The third kappa shape index (κ3) is 2.89. The van der Waals surface area contributed by atoms with Crippen molar-refractivity contribution in [2.24, 2.45) is 0 Å². The molecule has 0 unspecified atom stereocenters. The van der Waals surface area contributed by atoms with Crippen LogP contribution in [-0.2, 0) is 13.0 Å². The Morgan fingerprint density at radius 1 is 1.25 bits per heavy atom. The average Bonchev–Trinajstić information content (AvgIpc) is 2.14. The maximum Gasteiger partial charge on any atom is 0.401 e. The Balaban J connectivity index is 2.11. The van der Waals surface area contributed by atoms with Crippen LogP contribution in [0.25, 0.3) is 0 Å². The number of alkyl halides is 3. The Bertz CT molecular complexity index is 389. The summed E-state index contributed by atoms with van der Waals surface area (Å²) >= 11 is 5.82. The van der Waals surface area contributed by atoms with Crippen molar-refractivity contribution in [1.82, 2.24) is 4.90 Å². The summed E-state index contributed by atoms with van der Waals surface area (Å²) in [6.07, 6.45) is -3.47. The first kappa shape index (κ1) is 11.7. The second-order valence-corrected chi connectivity index (χ2v) is 4.43. The molecule has 1 aromatic rings. The van der Waals surface area contributed by atoms with Crippen LogP contribution in [0.1, 0.15) is 11.1 Å². The molecule has 0 amide bonds. The van der Waals surface area contributed by atoms with E-state index in [0.717, 1.165) is 11.1 Å². The minimum atomic E-state index is -4.13. The summed E-state index contributed by atoms with van der Waals surface area (Å²) in [6.45, 7) is -0.0670. The quantitative estimate of drug-likeness (QED) is 0.738. The highest BCUT2D eigenvalue weighted by molar-refractivity contribution is 6.30. The van der Waals surface area contributed by atoms with Crippen LogP contribution >= 0.6 is 11.6 Å². The molecule has 0 bridgehead atoms. The Kier molecular flexibility index (Phi) is 3.13. The Labute approximate surface area is 96.8 Å². The van der Waals surface area contributed by atoms with Gasteiger partial charge in [-0.25, -0.2) is 0 Å². The fraction of sp³-hybridized carbons (Fsp3) is 0.455.